The van der Waals surface area contributed by atoms with Crippen molar-refractivity contribution in [3.05, 3.63) is 76.0 Å². The highest BCUT2D eigenvalue weighted by atomic mass is 16.7. The van der Waals surface area contributed by atoms with E-state index in [1.807, 2.05) is 30.3 Å². The summed E-state index contributed by atoms with van der Waals surface area (Å²) in [5, 5.41) is 10.4. The highest BCUT2D eigenvalue weighted by Crippen LogP contribution is 2.29. The summed E-state index contributed by atoms with van der Waals surface area (Å²) in [5.41, 5.74) is 1.66. The molecule has 0 saturated heterocycles. The molecule has 6 nitrogen and oxygen atoms in total. The second kappa shape index (κ2) is 8.55. The van der Waals surface area contributed by atoms with Gasteiger partial charge in [-0.15, -0.1) is 0 Å². The van der Waals surface area contributed by atoms with Gasteiger partial charge in [-0.2, -0.15) is 0 Å². The fraction of sp³-hybridized carbons (Fsp3) is 0.176. The Bertz CT molecular complexity index is 670. The average molecular weight is 315 g/mol. The molecule has 0 spiro atoms. The molecular weight excluding hydrogens is 298 g/mol. The Labute approximate surface area is 134 Å². The van der Waals surface area contributed by atoms with Crippen molar-refractivity contribution in [3.63, 3.8) is 0 Å². The molecule has 6 heteroatoms. The normalized spacial score (nSPS) is 10.7. The van der Waals surface area contributed by atoms with E-state index in [9.17, 15) is 10.1 Å². The Morgan fingerprint density at radius 1 is 1.09 bits per heavy atom. The van der Waals surface area contributed by atoms with Crippen molar-refractivity contribution in [1.82, 2.24) is 0 Å². The first-order valence-corrected chi connectivity index (χ1v) is 6.93. The van der Waals surface area contributed by atoms with Gasteiger partial charge in [-0.1, -0.05) is 36.4 Å². The zero-order chi connectivity index (χ0) is 16.5. The van der Waals surface area contributed by atoms with Crippen molar-refractivity contribution in [2.45, 2.75) is 6.61 Å². The molecule has 120 valence electrons. The van der Waals surface area contributed by atoms with Gasteiger partial charge in [0.2, 0.25) is 6.20 Å². The number of benzene rings is 2. The Morgan fingerprint density at radius 2 is 1.87 bits per heavy atom. The van der Waals surface area contributed by atoms with Crippen LogP contribution in [0.15, 0.2) is 54.7 Å². The van der Waals surface area contributed by atoms with E-state index in [0.29, 0.717) is 23.7 Å². The maximum absolute atomic E-state index is 10.4. The highest BCUT2D eigenvalue weighted by Gasteiger charge is 2.07. The Morgan fingerprint density at radius 3 is 2.57 bits per heavy atom. The summed E-state index contributed by atoms with van der Waals surface area (Å²) in [6, 6.07) is 14.8. The molecule has 0 amide bonds. The Kier molecular flexibility index (Phi) is 6.14. The molecule has 0 aliphatic rings. The van der Waals surface area contributed by atoms with E-state index < -0.39 is 4.92 Å². The van der Waals surface area contributed by atoms with Gasteiger partial charge >= 0.3 is 0 Å². The smallest absolute Gasteiger partial charge is 0.235 e. The lowest BCUT2D eigenvalue weighted by atomic mass is 10.2. The van der Waals surface area contributed by atoms with Gasteiger partial charge in [0.25, 0.3) is 0 Å². The van der Waals surface area contributed by atoms with E-state index in [0.717, 1.165) is 11.8 Å². The molecule has 0 radical (unpaired) electrons. The Hall–Kier alpha value is -2.86. The third kappa shape index (κ3) is 5.44. The topological polar surface area (TPSA) is 70.8 Å². The standard InChI is InChI=1S/C17H17NO5/c1-21-13-23-16-8-7-14(9-10-18(19)20)11-17(16)22-12-15-5-3-2-4-6-15/h2-11H,12-13H2,1H3. The first-order valence-electron chi connectivity index (χ1n) is 6.93. The van der Waals surface area contributed by atoms with E-state index in [-0.39, 0.29) is 6.79 Å². The lowest BCUT2D eigenvalue weighted by Crippen LogP contribution is -2.03. The van der Waals surface area contributed by atoms with Crippen LogP contribution in [0.25, 0.3) is 6.08 Å². The number of methoxy groups -OCH3 is 1. The third-order valence-electron chi connectivity index (χ3n) is 2.93. The fourth-order valence-corrected chi connectivity index (χ4v) is 1.87. The summed E-state index contributed by atoms with van der Waals surface area (Å²) >= 11 is 0. The number of nitrogens with zero attached hydrogens (tertiary/aromatic N) is 1. The molecule has 0 atom stereocenters. The van der Waals surface area contributed by atoms with Crippen LogP contribution in [0.5, 0.6) is 11.5 Å². The zero-order valence-electron chi connectivity index (χ0n) is 12.7. The van der Waals surface area contributed by atoms with Crippen molar-refractivity contribution >= 4 is 6.08 Å². The number of ether oxygens (including phenoxy) is 3. The van der Waals surface area contributed by atoms with Crippen LogP contribution in [0.1, 0.15) is 11.1 Å². The van der Waals surface area contributed by atoms with Gasteiger partial charge in [0.1, 0.15) is 6.61 Å². The second-order valence-corrected chi connectivity index (χ2v) is 4.63. The minimum absolute atomic E-state index is 0.0891. The predicted octanol–water partition coefficient (Wildman–Crippen LogP) is 3.50. The van der Waals surface area contributed by atoms with Crippen LogP contribution in [0.2, 0.25) is 0 Å². The monoisotopic (exact) mass is 315 g/mol. The largest absolute Gasteiger partial charge is 0.485 e. The SMILES string of the molecule is COCOc1ccc(C=C[N+](=O)[O-])cc1OCc1ccccc1. The van der Waals surface area contributed by atoms with Crippen LogP contribution >= 0.6 is 0 Å². The molecule has 0 aliphatic heterocycles. The lowest BCUT2D eigenvalue weighted by Gasteiger charge is -2.13. The van der Waals surface area contributed by atoms with Gasteiger partial charge in [-0.05, 0) is 23.3 Å². The zero-order valence-corrected chi connectivity index (χ0v) is 12.7. The van der Waals surface area contributed by atoms with E-state index in [4.69, 9.17) is 14.2 Å². The van der Waals surface area contributed by atoms with Gasteiger partial charge < -0.3 is 14.2 Å². The highest BCUT2D eigenvalue weighted by molar-refractivity contribution is 5.55. The minimum Gasteiger partial charge on any atom is -0.485 e. The molecule has 0 aliphatic carbocycles. The molecule has 0 fully saturated rings. The summed E-state index contributed by atoms with van der Waals surface area (Å²) < 4.78 is 16.1. The molecule has 2 rings (SSSR count). The summed E-state index contributed by atoms with van der Waals surface area (Å²) in [6.45, 7) is 0.457. The maximum Gasteiger partial charge on any atom is 0.235 e. The van der Waals surface area contributed by atoms with Gasteiger partial charge in [0, 0.05) is 13.2 Å². The summed E-state index contributed by atoms with van der Waals surface area (Å²) in [7, 11) is 1.53. The molecule has 2 aromatic carbocycles. The van der Waals surface area contributed by atoms with Crippen LogP contribution in [0.4, 0.5) is 0 Å². The van der Waals surface area contributed by atoms with Crippen LogP contribution in [-0.4, -0.2) is 18.8 Å². The van der Waals surface area contributed by atoms with E-state index in [2.05, 4.69) is 0 Å². The molecule has 2 aromatic rings. The molecule has 0 aromatic heterocycles. The molecule has 23 heavy (non-hydrogen) atoms. The van der Waals surface area contributed by atoms with Crippen molar-refractivity contribution in [2.24, 2.45) is 0 Å². The lowest BCUT2D eigenvalue weighted by molar-refractivity contribution is -0.400. The molecule has 0 saturated carbocycles. The number of hydrogen-bond donors (Lipinski definition) is 0. The number of rotatable bonds is 8. The van der Waals surface area contributed by atoms with E-state index in [1.54, 1.807) is 18.2 Å². The molecule has 0 bridgehead atoms. The predicted molar refractivity (Wildman–Crippen MR) is 85.7 cm³/mol. The minimum atomic E-state index is -0.514. The summed E-state index contributed by atoms with van der Waals surface area (Å²) in [6.07, 6.45) is 2.28. The molecule has 0 unspecified atom stereocenters. The van der Waals surface area contributed by atoms with Gasteiger partial charge in [-0.3, -0.25) is 10.1 Å². The second-order valence-electron chi connectivity index (χ2n) is 4.63. The van der Waals surface area contributed by atoms with Gasteiger partial charge in [0.05, 0.1) is 4.92 Å². The van der Waals surface area contributed by atoms with Gasteiger partial charge in [0.15, 0.2) is 18.3 Å². The quantitative estimate of drug-likeness (QED) is 0.423. The Balaban J connectivity index is 2.17. The van der Waals surface area contributed by atoms with E-state index >= 15 is 0 Å². The van der Waals surface area contributed by atoms with Crippen molar-refractivity contribution in [3.8, 4) is 11.5 Å². The van der Waals surface area contributed by atoms with E-state index in [1.165, 1.54) is 13.2 Å². The van der Waals surface area contributed by atoms with Crippen LogP contribution in [-0.2, 0) is 11.3 Å². The summed E-state index contributed by atoms with van der Waals surface area (Å²) in [5.74, 6) is 1.01. The molecular formula is C17H17NO5. The molecule has 0 heterocycles. The van der Waals surface area contributed by atoms with Crippen molar-refractivity contribution < 1.29 is 19.1 Å². The third-order valence-corrected chi connectivity index (χ3v) is 2.93. The van der Waals surface area contributed by atoms with Crippen LogP contribution in [0, 0.1) is 10.1 Å². The molecule has 0 N–H and O–H groups in total. The van der Waals surface area contributed by atoms with Gasteiger partial charge in [-0.25, -0.2) is 0 Å². The first kappa shape index (κ1) is 16.5. The number of hydrogen-bond acceptors (Lipinski definition) is 5. The average Bonchev–Trinajstić information content (AvgIpc) is 2.58. The maximum atomic E-state index is 10.4. The summed E-state index contributed by atoms with van der Waals surface area (Å²) in [4.78, 5) is 9.91. The van der Waals surface area contributed by atoms with Crippen LogP contribution in [0.3, 0.4) is 0 Å². The first-order chi connectivity index (χ1) is 11.2. The number of nitro groups is 1. The van der Waals surface area contributed by atoms with Crippen molar-refractivity contribution in [2.75, 3.05) is 13.9 Å². The fourth-order valence-electron chi connectivity index (χ4n) is 1.87. The van der Waals surface area contributed by atoms with Crippen molar-refractivity contribution in [1.29, 1.82) is 0 Å². The van der Waals surface area contributed by atoms with Crippen LogP contribution < -0.4 is 9.47 Å².